The van der Waals surface area contributed by atoms with Gasteiger partial charge in [0.15, 0.2) is 0 Å². The first-order valence-corrected chi connectivity index (χ1v) is 11.0. The lowest BCUT2D eigenvalue weighted by molar-refractivity contribution is 0.642. The maximum absolute atomic E-state index is 2.59. The van der Waals surface area contributed by atoms with Crippen LogP contribution >= 0.6 is 0 Å². The Labute approximate surface area is 178 Å². The van der Waals surface area contributed by atoms with Crippen molar-refractivity contribution in [3.63, 3.8) is 0 Å². The first-order chi connectivity index (χ1) is 14.9. The van der Waals surface area contributed by atoms with Gasteiger partial charge in [0.2, 0.25) is 0 Å². The first-order valence-electron chi connectivity index (χ1n) is 11.0. The number of hydrogen-bond acceptors (Lipinski definition) is 1. The molecule has 0 saturated heterocycles. The highest BCUT2D eigenvalue weighted by Gasteiger charge is 2.41. The van der Waals surface area contributed by atoms with Crippen LogP contribution in [0, 0.1) is 0 Å². The highest BCUT2D eigenvalue weighted by atomic mass is 15.2. The average molecular weight is 388 g/mol. The van der Waals surface area contributed by atoms with Crippen molar-refractivity contribution in [2.45, 2.75) is 31.2 Å². The Kier molecular flexibility index (Phi) is 4.19. The molecule has 4 aromatic carbocycles. The lowest BCUT2D eigenvalue weighted by Gasteiger charge is -2.27. The second kappa shape index (κ2) is 7.18. The van der Waals surface area contributed by atoms with Gasteiger partial charge in [0.1, 0.15) is 0 Å². The predicted octanol–water partition coefficient (Wildman–Crippen LogP) is 7.80. The molecule has 2 unspecified atom stereocenters. The smallest absolute Gasteiger partial charge is 0.0450 e. The van der Waals surface area contributed by atoms with E-state index in [-0.39, 0.29) is 0 Å². The fourth-order valence-corrected chi connectivity index (χ4v) is 5.48. The van der Waals surface area contributed by atoms with Crippen molar-refractivity contribution in [1.29, 1.82) is 0 Å². The van der Waals surface area contributed by atoms with Gasteiger partial charge in [-0.15, -0.1) is 0 Å². The van der Waals surface area contributed by atoms with Crippen LogP contribution in [-0.2, 0) is 0 Å². The van der Waals surface area contributed by atoms with Crippen LogP contribution in [0.3, 0.4) is 0 Å². The molecule has 1 aliphatic heterocycles. The lowest BCUT2D eigenvalue weighted by atomic mass is 9.95. The Morgan fingerprint density at radius 1 is 0.733 bits per heavy atom. The van der Waals surface area contributed by atoms with E-state index < -0.39 is 0 Å². The van der Waals surface area contributed by atoms with Crippen LogP contribution in [0.15, 0.2) is 91.0 Å². The van der Waals surface area contributed by atoms with E-state index in [1.165, 1.54) is 58.1 Å². The van der Waals surface area contributed by atoms with Crippen molar-refractivity contribution < 1.29 is 0 Å². The molecule has 1 aliphatic carbocycles. The number of nitrogens with zero attached hydrogens (tertiary/aromatic N) is 1. The van der Waals surface area contributed by atoms with Gasteiger partial charge in [0, 0.05) is 23.3 Å². The molecule has 0 aromatic heterocycles. The zero-order valence-electron chi connectivity index (χ0n) is 17.0. The van der Waals surface area contributed by atoms with Gasteiger partial charge in [-0.2, -0.15) is 0 Å². The summed E-state index contributed by atoms with van der Waals surface area (Å²) in [6.07, 6.45) is 8.46. The molecule has 0 N–H and O–H groups in total. The Hall–Kier alpha value is -3.32. The minimum Gasteiger partial charge on any atom is -0.338 e. The van der Waals surface area contributed by atoms with Gasteiger partial charge in [-0.3, -0.25) is 0 Å². The molecular formula is C29H25N. The molecule has 1 heterocycles. The van der Waals surface area contributed by atoms with Gasteiger partial charge in [0.25, 0.3) is 0 Å². The third kappa shape index (κ3) is 2.85. The zero-order chi connectivity index (χ0) is 19.9. The molecule has 4 aromatic rings. The van der Waals surface area contributed by atoms with Gasteiger partial charge >= 0.3 is 0 Å². The second-order valence-corrected chi connectivity index (χ2v) is 8.53. The van der Waals surface area contributed by atoms with Gasteiger partial charge in [-0.1, -0.05) is 85.3 Å². The highest BCUT2D eigenvalue weighted by Crippen LogP contribution is 2.52. The topological polar surface area (TPSA) is 3.24 Å². The fourth-order valence-electron chi connectivity index (χ4n) is 5.48. The van der Waals surface area contributed by atoms with Gasteiger partial charge in [0.05, 0.1) is 0 Å². The molecule has 0 bridgehead atoms. The third-order valence-electron chi connectivity index (χ3n) is 6.83. The van der Waals surface area contributed by atoms with Crippen LogP contribution in [0.1, 0.15) is 41.9 Å². The van der Waals surface area contributed by atoms with Crippen molar-refractivity contribution in [1.82, 2.24) is 0 Å². The van der Waals surface area contributed by atoms with Gasteiger partial charge < -0.3 is 4.90 Å². The first kappa shape index (κ1) is 17.5. The number of fused-ring (bicyclic) bond motifs is 4. The summed E-state index contributed by atoms with van der Waals surface area (Å²) in [5.74, 6) is 0.658. The maximum Gasteiger partial charge on any atom is 0.0450 e. The maximum atomic E-state index is 2.59. The normalized spacial score (nSPS) is 20.1. The summed E-state index contributed by atoms with van der Waals surface area (Å²) in [5.41, 5.74) is 6.83. The third-order valence-corrected chi connectivity index (χ3v) is 6.83. The molecule has 1 fully saturated rings. The van der Waals surface area contributed by atoms with Gasteiger partial charge in [-0.25, -0.2) is 0 Å². The van der Waals surface area contributed by atoms with Crippen LogP contribution < -0.4 is 4.90 Å². The Morgan fingerprint density at radius 2 is 1.57 bits per heavy atom. The number of rotatable bonds is 3. The quantitative estimate of drug-likeness (QED) is 0.324. The minimum atomic E-state index is 0.611. The van der Waals surface area contributed by atoms with Crippen LogP contribution in [0.5, 0.6) is 0 Å². The Morgan fingerprint density at radius 3 is 2.50 bits per heavy atom. The van der Waals surface area contributed by atoms with Crippen LogP contribution in [-0.4, -0.2) is 6.04 Å². The van der Waals surface area contributed by atoms with E-state index in [1.807, 2.05) is 0 Å². The molecular weight excluding hydrogens is 362 g/mol. The molecule has 2 aliphatic rings. The second-order valence-electron chi connectivity index (χ2n) is 8.53. The number of para-hydroxylation sites is 1. The summed E-state index contributed by atoms with van der Waals surface area (Å²) in [6, 6.07) is 33.7. The monoisotopic (exact) mass is 387 g/mol. The van der Waals surface area contributed by atoms with Crippen LogP contribution in [0.4, 0.5) is 11.4 Å². The predicted molar refractivity (Wildman–Crippen MR) is 128 cm³/mol. The zero-order valence-corrected chi connectivity index (χ0v) is 17.0. The summed E-state index contributed by atoms with van der Waals surface area (Å²) in [7, 11) is 0. The number of benzene rings is 4. The molecule has 0 spiro atoms. The molecule has 1 nitrogen and oxygen atoms in total. The van der Waals surface area contributed by atoms with E-state index in [9.17, 15) is 0 Å². The lowest BCUT2D eigenvalue weighted by Crippen LogP contribution is -2.26. The molecule has 6 rings (SSSR count). The van der Waals surface area contributed by atoms with Crippen LogP contribution in [0.2, 0.25) is 0 Å². The van der Waals surface area contributed by atoms with Crippen molar-refractivity contribution in [3.8, 4) is 0 Å². The minimum absolute atomic E-state index is 0.611. The average Bonchev–Trinajstić information content (AvgIpc) is 3.39. The standard InChI is InChI=1S/C29H25N/c1-2-11-24(12-3-1)30-28-15-7-14-26(28)27-20-21(17-19-29(27)30)16-18-23-10-6-9-22-8-4-5-13-25(22)23/h1-6,8-13,16-20,26,28H,7,14-15H2. The number of anilines is 2. The molecule has 146 valence electrons. The largest absolute Gasteiger partial charge is 0.338 e. The molecule has 30 heavy (non-hydrogen) atoms. The van der Waals surface area contributed by atoms with Crippen molar-refractivity contribution in [2.24, 2.45) is 0 Å². The SMILES string of the molecule is C(=Cc1cccc2ccccc12)c1ccc2c(c1)C1CCCC1N2c1ccccc1. The Bertz CT molecular complexity index is 1230. The number of hydrogen-bond donors (Lipinski definition) is 0. The van der Waals surface area contributed by atoms with E-state index >= 15 is 0 Å². The summed E-state index contributed by atoms with van der Waals surface area (Å²) < 4.78 is 0. The molecule has 0 radical (unpaired) electrons. The van der Waals surface area contributed by atoms with Crippen molar-refractivity contribution >= 4 is 34.3 Å². The molecule has 2 atom stereocenters. The summed E-state index contributed by atoms with van der Waals surface area (Å²) in [6.45, 7) is 0. The highest BCUT2D eigenvalue weighted by molar-refractivity contribution is 5.93. The van der Waals surface area contributed by atoms with Crippen molar-refractivity contribution in [3.05, 3.63) is 108 Å². The fraction of sp³-hybridized carbons (Fsp3) is 0.172. The van der Waals surface area contributed by atoms with E-state index in [1.54, 1.807) is 0 Å². The van der Waals surface area contributed by atoms with E-state index in [0.717, 1.165) is 0 Å². The van der Waals surface area contributed by atoms with E-state index in [0.29, 0.717) is 12.0 Å². The summed E-state index contributed by atoms with van der Waals surface area (Å²) in [5, 5.41) is 2.60. The molecule has 0 amide bonds. The van der Waals surface area contributed by atoms with Crippen molar-refractivity contribution in [2.75, 3.05) is 4.90 Å². The summed E-state index contributed by atoms with van der Waals surface area (Å²) >= 11 is 0. The van der Waals surface area contributed by atoms with Crippen LogP contribution in [0.25, 0.3) is 22.9 Å². The van der Waals surface area contributed by atoms with E-state index in [2.05, 4.69) is 108 Å². The van der Waals surface area contributed by atoms with E-state index in [4.69, 9.17) is 0 Å². The summed E-state index contributed by atoms with van der Waals surface area (Å²) in [4.78, 5) is 2.59. The van der Waals surface area contributed by atoms with Gasteiger partial charge in [-0.05, 0) is 64.6 Å². The molecule has 1 saturated carbocycles. The Balaban J connectivity index is 1.38. The molecule has 1 heteroatoms.